The van der Waals surface area contributed by atoms with E-state index in [9.17, 15) is 8.42 Å². The molecule has 36 heavy (non-hydrogen) atoms. The van der Waals surface area contributed by atoms with Gasteiger partial charge < -0.3 is 26.0 Å². The van der Waals surface area contributed by atoms with Crippen molar-refractivity contribution in [2.24, 2.45) is 5.73 Å². The number of nitrogens with one attached hydrogen (secondary N) is 3. The Kier molecular flexibility index (Phi) is 6.78. The Bertz CT molecular complexity index is 1430. The topological polar surface area (TPSA) is 175 Å². The molecule has 188 valence electrons. The first-order valence-corrected chi connectivity index (χ1v) is 13.1. The molecule has 1 fully saturated rings. The summed E-state index contributed by atoms with van der Waals surface area (Å²) >= 11 is 0. The molecule has 0 saturated carbocycles. The first-order valence-electron chi connectivity index (χ1n) is 11.6. The fourth-order valence-electron chi connectivity index (χ4n) is 4.05. The monoisotopic (exact) mass is 509 g/mol. The molecule has 5 rings (SSSR count). The molecule has 0 aliphatic carbocycles. The Morgan fingerprint density at radius 3 is 2.56 bits per heavy atom. The van der Waals surface area contributed by atoms with E-state index < -0.39 is 10.0 Å². The number of fused-ring (bicyclic) bond motifs is 1. The quantitative estimate of drug-likeness (QED) is 0.233. The number of aromatic nitrogens is 5. The number of hydrogen-bond acceptors (Lipinski definition) is 10. The summed E-state index contributed by atoms with van der Waals surface area (Å²) in [4.78, 5) is 23.5. The fourth-order valence-corrected chi connectivity index (χ4v) is 5.07. The van der Waals surface area contributed by atoms with Crippen molar-refractivity contribution in [3.63, 3.8) is 0 Å². The van der Waals surface area contributed by atoms with Crippen LogP contribution in [0.4, 0.5) is 17.5 Å². The van der Waals surface area contributed by atoms with Crippen molar-refractivity contribution < 1.29 is 13.5 Å². The SMILES string of the molecule is NC1CCN(c2ccc(-c3nc(Nc4ccc(S(=O)(=O)NCCO)cc4)nc4nc[nH]c34)cn2)CC1. The van der Waals surface area contributed by atoms with Gasteiger partial charge >= 0.3 is 0 Å². The molecule has 1 aromatic carbocycles. The van der Waals surface area contributed by atoms with Crippen LogP contribution in [0.25, 0.3) is 22.4 Å². The van der Waals surface area contributed by atoms with Crippen LogP contribution < -0.4 is 20.7 Å². The third-order valence-electron chi connectivity index (χ3n) is 6.00. The summed E-state index contributed by atoms with van der Waals surface area (Å²) in [5.41, 5.74) is 9.26. The van der Waals surface area contributed by atoms with Gasteiger partial charge in [0.25, 0.3) is 0 Å². The standard InChI is InChI=1S/C23H27N9O3S/c24-16-7-10-32(11-8-16)19-6-1-15(13-25-19)20-21-22(27-14-26-21)31-23(30-20)29-17-2-4-18(5-3-17)36(34,35)28-9-12-33/h1-6,13-14,16,28,33H,7-12,24H2,(H2,26,27,29,30,31). The number of rotatable bonds is 8. The van der Waals surface area contributed by atoms with Crippen molar-refractivity contribution in [3.8, 4) is 11.3 Å². The molecule has 1 aliphatic heterocycles. The summed E-state index contributed by atoms with van der Waals surface area (Å²) in [6.45, 7) is 1.44. The molecule has 0 amide bonds. The molecule has 6 N–H and O–H groups in total. The van der Waals surface area contributed by atoms with Crippen LogP contribution in [0.5, 0.6) is 0 Å². The van der Waals surface area contributed by atoms with E-state index in [1.807, 2.05) is 12.1 Å². The smallest absolute Gasteiger partial charge is 0.240 e. The molecule has 0 unspecified atom stereocenters. The van der Waals surface area contributed by atoms with E-state index in [2.05, 4.69) is 39.9 Å². The van der Waals surface area contributed by atoms with Gasteiger partial charge in [-0.05, 0) is 49.2 Å². The number of anilines is 3. The molecule has 12 nitrogen and oxygen atoms in total. The van der Waals surface area contributed by atoms with Gasteiger partial charge in [-0.1, -0.05) is 0 Å². The number of piperidine rings is 1. The van der Waals surface area contributed by atoms with Crippen LogP contribution >= 0.6 is 0 Å². The van der Waals surface area contributed by atoms with Gasteiger partial charge in [0.15, 0.2) is 5.65 Å². The summed E-state index contributed by atoms with van der Waals surface area (Å²) in [6.07, 6.45) is 5.25. The van der Waals surface area contributed by atoms with E-state index in [4.69, 9.17) is 10.8 Å². The van der Waals surface area contributed by atoms with Crippen LogP contribution in [-0.4, -0.2) is 70.7 Å². The molecule has 0 spiro atoms. The molecular formula is C23H27N9O3S. The number of pyridine rings is 1. The molecule has 4 aromatic rings. The van der Waals surface area contributed by atoms with Gasteiger partial charge in [-0.25, -0.2) is 28.1 Å². The van der Waals surface area contributed by atoms with Crippen molar-refractivity contribution in [2.45, 2.75) is 23.8 Å². The highest BCUT2D eigenvalue weighted by molar-refractivity contribution is 7.89. The number of nitrogens with zero attached hydrogens (tertiary/aromatic N) is 5. The lowest BCUT2D eigenvalue weighted by molar-refractivity contribution is 0.301. The minimum Gasteiger partial charge on any atom is -0.395 e. The minimum atomic E-state index is -3.69. The van der Waals surface area contributed by atoms with E-state index in [-0.39, 0.29) is 24.1 Å². The number of aliphatic hydroxyl groups is 1. The lowest BCUT2D eigenvalue weighted by atomic mass is 10.1. The van der Waals surface area contributed by atoms with Crippen LogP contribution in [0.2, 0.25) is 0 Å². The van der Waals surface area contributed by atoms with Crippen molar-refractivity contribution in [1.82, 2.24) is 29.6 Å². The number of aliphatic hydroxyl groups excluding tert-OH is 1. The Labute approximate surface area is 208 Å². The molecule has 1 saturated heterocycles. The Balaban J connectivity index is 1.38. The summed E-state index contributed by atoms with van der Waals surface area (Å²) in [6, 6.07) is 10.4. The third kappa shape index (κ3) is 5.14. The predicted molar refractivity (Wildman–Crippen MR) is 136 cm³/mol. The lowest BCUT2D eigenvalue weighted by Gasteiger charge is -2.31. The van der Waals surface area contributed by atoms with E-state index in [1.165, 1.54) is 12.1 Å². The van der Waals surface area contributed by atoms with Gasteiger partial charge in [0.1, 0.15) is 17.0 Å². The third-order valence-corrected chi connectivity index (χ3v) is 7.47. The Hall–Kier alpha value is -3.65. The number of sulfonamides is 1. The average Bonchev–Trinajstić information content (AvgIpc) is 3.37. The number of aromatic amines is 1. The highest BCUT2D eigenvalue weighted by Gasteiger charge is 2.18. The van der Waals surface area contributed by atoms with E-state index >= 15 is 0 Å². The van der Waals surface area contributed by atoms with Gasteiger partial charge in [0.2, 0.25) is 16.0 Å². The summed E-state index contributed by atoms with van der Waals surface area (Å²) in [5.74, 6) is 1.22. The zero-order chi connectivity index (χ0) is 25.1. The molecular weight excluding hydrogens is 482 g/mol. The first kappa shape index (κ1) is 24.1. The Morgan fingerprint density at radius 2 is 1.86 bits per heavy atom. The zero-order valence-corrected chi connectivity index (χ0v) is 20.2. The maximum absolute atomic E-state index is 12.2. The number of H-pyrrole nitrogens is 1. The normalized spacial score (nSPS) is 14.9. The van der Waals surface area contributed by atoms with Gasteiger partial charge in [-0.2, -0.15) is 4.98 Å². The minimum absolute atomic E-state index is 0.0509. The highest BCUT2D eigenvalue weighted by atomic mass is 32.2. The molecule has 13 heteroatoms. The molecule has 1 aliphatic rings. The van der Waals surface area contributed by atoms with Gasteiger partial charge in [-0.15, -0.1) is 0 Å². The lowest BCUT2D eigenvalue weighted by Crippen LogP contribution is -2.40. The van der Waals surface area contributed by atoms with E-state index in [0.29, 0.717) is 28.5 Å². The van der Waals surface area contributed by atoms with E-state index in [1.54, 1.807) is 24.7 Å². The fraction of sp³-hybridized carbons (Fsp3) is 0.304. The van der Waals surface area contributed by atoms with Crippen LogP contribution in [0.15, 0.2) is 53.8 Å². The van der Waals surface area contributed by atoms with Crippen LogP contribution in [0.1, 0.15) is 12.8 Å². The maximum Gasteiger partial charge on any atom is 0.240 e. The highest BCUT2D eigenvalue weighted by Crippen LogP contribution is 2.28. The second-order valence-electron chi connectivity index (χ2n) is 8.50. The molecule has 0 atom stereocenters. The van der Waals surface area contributed by atoms with Crippen molar-refractivity contribution in [1.29, 1.82) is 0 Å². The second-order valence-corrected chi connectivity index (χ2v) is 10.3. The summed E-state index contributed by atoms with van der Waals surface area (Å²) in [5, 5.41) is 12.0. The Morgan fingerprint density at radius 1 is 1.08 bits per heavy atom. The number of benzene rings is 1. The molecule has 3 aromatic heterocycles. The van der Waals surface area contributed by atoms with Gasteiger partial charge in [-0.3, -0.25) is 0 Å². The molecule has 0 radical (unpaired) electrons. The average molecular weight is 510 g/mol. The van der Waals surface area contributed by atoms with Crippen molar-refractivity contribution in [2.75, 3.05) is 36.5 Å². The first-order chi connectivity index (χ1) is 17.4. The molecule has 0 bridgehead atoms. The van der Waals surface area contributed by atoms with E-state index in [0.717, 1.165) is 37.3 Å². The van der Waals surface area contributed by atoms with Crippen LogP contribution in [0, 0.1) is 0 Å². The van der Waals surface area contributed by atoms with Crippen molar-refractivity contribution >= 4 is 38.6 Å². The maximum atomic E-state index is 12.2. The molecule has 4 heterocycles. The second kappa shape index (κ2) is 10.1. The summed E-state index contributed by atoms with van der Waals surface area (Å²) in [7, 11) is -3.69. The summed E-state index contributed by atoms with van der Waals surface area (Å²) < 4.78 is 26.8. The number of hydrogen-bond donors (Lipinski definition) is 5. The number of imidazole rings is 1. The van der Waals surface area contributed by atoms with Gasteiger partial charge in [0, 0.05) is 43.1 Å². The predicted octanol–water partition coefficient (Wildman–Crippen LogP) is 1.36. The zero-order valence-electron chi connectivity index (χ0n) is 19.4. The number of nitrogens with two attached hydrogens (primary N) is 1. The van der Waals surface area contributed by atoms with Gasteiger partial charge in [0.05, 0.1) is 17.8 Å². The largest absolute Gasteiger partial charge is 0.395 e. The van der Waals surface area contributed by atoms with Crippen molar-refractivity contribution in [3.05, 3.63) is 48.9 Å². The van der Waals surface area contributed by atoms with Crippen LogP contribution in [0.3, 0.4) is 0 Å². The van der Waals surface area contributed by atoms with Crippen LogP contribution in [-0.2, 0) is 10.0 Å².